The molecule has 1 saturated heterocycles. The van der Waals surface area contributed by atoms with Crippen molar-refractivity contribution in [1.82, 2.24) is 14.9 Å². The van der Waals surface area contributed by atoms with E-state index in [4.69, 9.17) is 4.74 Å². The maximum absolute atomic E-state index is 5.39. The first-order valence-electron chi connectivity index (χ1n) is 9.01. The van der Waals surface area contributed by atoms with Crippen LogP contribution >= 0.6 is 0 Å². The lowest BCUT2D eigenvalue weighted by Gasteiger charge is -2.48. The van der Waals surface area contributed by atoms with Gasteiger partial charge in [-0.2, -0.15) is 0 Å². The number of aromatic nitrogens is 2. The van der Waals surface area contributed by atoms with Gasteiger partial charge in [-0.15, -0.1) is 0 Å². The van der Waals surface area contributed by atoms with E-state index in [0.717, 1.165) is 43.4 Å². The highest BCUT2D eigenvalue weighted by atomic mass is 16.5. The van der Waals surface area contributed by atoms with Gasteiger partial charge in [0, 0.05) is 75.5 Å². The van der Waals surface area contributed by atoms with E-state index < -0.39 is 0 Å². The second-order valence-corrected chi connectivity index (χ2v) is 7.66. The highest BCUT2D eigenvalue weighted by Gasteiger charge is 2.33. The molecule has 1 fully saturated rings. The van der Waals surface area contributed by atoms with Crippen molar-refractivity contribution in [3.8, 4) is 5.75 Å². The molecule has 3 rings (SSSR count). The SMILES string of the molecule is COc1cccc(N2CCN(Cc3cnc(N(C)C)nc3)CC2(C)C)c1. The molecule has 0 saturated carbocycles. The molecule has 0 spiro atoms. The van der Waals surface area contributed by atoms with Crippen LogP contribution in [-0.2, 0) is 6.54 Å². The Morgan fingerprint density at radius 3 is 2.50 bits per heavy atom. The highest BCUT2D eigenvalue weighted by molar-refractivity contribution is 5.53. The van der Waals surface area contributed by atoms with Crippen LogP contribution in [0.2, 0.25) is 0 Å². The first kappa shape index (κ1) is 18.5. The van der Waals surface area contributed by atoms with Gasteiger partial charge in [-0.25, -0.2) is 9.97 Å². The molecule has 6 nitrogen and oxygen atoms in total. The smallest absolute Gasteiger partial charge is 0.224 e. The van der Waals surface area contributed by atoms with Crippen LogP contribution in [0.4, 0.5) is 11.6 Å². The lowest BCUT2D eigenvalue weighted by molar-refractivity contribution is 0.175. The monoisotopic (exact) mass is 355 g/mol. The Morgan fingerprint density at radius 2 is 1.88 bits per heavy atom. The fraction of sp³-hybridized carbons (Fsp3) is 0.500. The molecule has 26 heavy (non-hydrogen) atoms. The Kier molecular flexibility index (Phi) is 5.32. The van der Waals surface area contributed by atoms with E-state index in [-0.39, 0.29) is 5.54 Å². The number of anilines is 2. The third-order valence-electron chi connectivity index (χ3n) is 4.84. The molecule has 2 aromatic rings. The Morgan fingerprint density at radius 1 is 1.15 bits per heavy atom. The molecule has 6 heteroatoms. The quantitative estimate of drug-likeness (QED) is 0.822. The standard InChI is InChI=1S/C20H29N5O/c1-20(2)15-24(14-16-12-21-19(22-13-16)23(3)4)9-10-25(20)17-7-6-8-18(11-17)26-5/h6-8,11-13H,9-10,14-15H2,1-5H3. The van der Waals surface area contributed by atoms with Crippen LogP contribution < -0.4 is 14.5 Å². The van der Waals surface area contributed by atoms with Gasteiger partial charge in [0.25, 0.3) is 0 Å². The lowest BCUT2D eigenvalue weighted by Crippen LogP contribution is -2.59. The Balaban J connectivity index is 1.68. The second-order valence-electron chi connectivity index (χ2n) is 7.66. The molecule has 0 atom stereocenters. The number of nitrogens with zero attached hydrogens (tertiary/aromatic N) is 5. The fourth-order valence-corrected chi connectivity index (χ4v) is 3.57. The van der Waals surface area contributed by atoms with E-state index >= 15 is 0 Å². The van der Waals surface area contributed by atoms with Crippen LogP contribution in [0.5, 0.6) is 5.75 Å². The number of methoxy groups -OCH3 is 1. The first-order valence-corrected chi connectivity index (χ1v) is 9.01. The number of piperazine rings is 1. The van der Waals surface area contributed by atoms with Gasteiger partial charge in [-0.05, 0) is 26.0 Å². The first-order chi connectivity index (χ1) is 12.4. The van der Waals surface area contributed by atoms with Crippen LogP contribution in [-0.4, -0.2) is 61.2 Å². The summed E-state index contributed by atoms with van der Waals surface area (Å²) in [7, 11) is 5.62. The van der Waals surface area contributed by atoms with Gasteiger partial charge < -0.3 is 14.5 Å². The Bertz CT molecular complexity index is 729. The summed E-state index contributed by atoms with van der Waals surface area (Å²) in [5, 5.41) is 0. The van der Waals surface area contributed by atoms with Gasteiger partial charge in [-0.3, -0.25) is 4.90 Å². The molecule has 0 N–H and O–H groups in total. The average molecular weight is 355 g/mol. The molecule has 0 bridgehead atoms. The molecule has 0 aliphatic carbocycles. The summed E-state index contributed by atoms with van der Waals surface area (Å²) >= 11 is 0. The third-order valence-corrected chi connectivity index (χ3v) is 4.84. The van der Waals surface area contributed by atoms with E-state index in [1.165, 1.54) is 5.69 Å². The highest BCUT2D eigenvalue weighted by Crippen LogP contribution is 2.30. The minimum Gasteiger partial charge on any atom is -0.497 e. The van der Waals surface area contributed by atoms with E-state index in [1.807, 2.05) is 37.5 Å². The molecule has 1 aliphatic heterocycles. The summed E-state index contributed by atoms with van der Waals surface area (Å²) in [6, 6.07) is 8.32. The largest absolute Gasteiger partial charge is 0.497 e. The van der Waals surface area contributed by atoms with Crippen molar-refractivity contribution in [2.75, 3.05) is 50.6 Å². The van der Waals surface area contributed by atoms with E-state index in [0.29, 0.717) is 0 Å². The van der Waals surface area contributed by atoms with Gasteiger partial charge in [-0.1, -0.05) is 6.07 Å². The number of hydrogen-bond acceptors (Lipinski definition) is 6. The van der Waals surface area contributed by atoms with Gasteiger partial charge >= 0.3 is 0 Å². The zero-order chi connectivity index (χ0) is 18.7. The summed E-state index contributed by atoms with van der Waals surface area (Å²) in [6.07, 6.45) is 3.87. The van der Waals surface area contributed by atoms with E-state index in [1.54, 1.807) is 7.11 Å². The van der Waals surface area contributed by atoms with E-state index in [2.05, 4.69) is 51.8 Å². The van der Waals surface area contributed by atoms with Gasteiger partial charge in [0.1, 0.15) is 5.75 Å². The maximum atomic E-state index is 5.39. The number of benzene rings is 1. The van der Waals surface area contributed by atoms with Gasteiger partial charge in [0.05, 0.1) is 7.11 Å². The molecule has 140 valence electrons. The summed E-state index contributed by atoms with van der Waals surface area (Å²) < 4.78 is 5.39. The summed E-state index contributed by atoms with van der Waals surface area (Å²) in [5.74, 6) is 1.65. The van der Waals surface area contributed by atoms with Crippen LogP contribution in [0.3, 0.4) is 0 Å². The minimum atomic E-state index is 0.0368. The van der Waals surface area contributed by atoms with Crippen molar-refractivity contribution in [3.05, 3.63) is 42.2 Å². The predicted molar refractivity (Wildman–Crippen MR) is 106 cm³/mol. The van der Waals surface area contributed by atoms with Crippen LogP contribution in [0.1, 0.15) is 19.4 Å². The van der Waals surface area contributed by atoms with Crippen molar-refractivity contribution in [2.45, 2.75) is 25.9 Å². The normalized spacial score (nSPS) is 17.2. The van der Waals surface area contributed by atoms with Crippen LogP contribution in [0.15, 0.2) is 36.7 Å². The molecule has 2 heterocycles. The fourth-order valence-electron chi connectivity index (χ4n) is 3.57. The second kappa shape index (κ2) is 7.50. The zero-order valence-corrected chi connectivity index (χ0v) is 16.4. The minimum absolute atomic E-state index is 0.0368. The summed E-state index contributed by atoms with van der Waals surface area (Å²) in [4.78, 5) is 15.7. The molecule has 1 aromatic carbocycles. The third kappa shape index (κ3) is 4.07. The zero-order valence-electron chi connectivity index (χ0n) is 16.4. The molecule has 1 aromatic heterocycles. The Labute approximate surface area is 156 Å². The molecule has 0 radical (unpaired) electrons. The van der Waals surface area contributed by atoms with E-state index in [9.17, 15) is 0 Å². The van der Waals surface area contributed by atoms with Crippen molar-refractivity contribution in [3.63, 3.8) is 0 Å². The number of rotatable bonds is 5. The predicted octanol–water partition coefficient (Wildman–Crippen LogP) is 2.65. The van der Waals surface area contributed by atoms with Crippen molar-refractivity contribution < 1.29 is 4.74 Å². The number of hydrogen-bond donors (Lipinski definition) is 0. The van der Waals surface area contributed by atoms with Crippen molar-refractivity contribution >= 4 is 11.6 Å². The summed E-state index contributed by atoms with van der Waals surface area (Å²) in [6.45, 7) is 8.45. The maximum Gasteiger partial charge on any atom is 0.224 e. The number of ether oxygens (including phenoxy) is 1. The molecule has 0 amide bonds. The van der Waals surface area contributed by atoms with Crippen molar-refractivity contribution in [2.24, 2.45) is 0 Å². The average Bonchev–Trinajstić information content (AvgIpc) is 2.61. The molecule has 1 aliphatic rings. The molecule has 0 unspecified atom stereocenters. The summed E-state index contributed by atoms with van der Waals surface area (Å²) in [5.41, 5.74) is 2.41. The molecular weight excluding hydrogens is 326 g/mol. The lowest BCUT2D eigenvalue weighted by atomic mass is 9.97. The molecular formula is C20H29N5O. The Hall–Kier alpha value is -2.34. The van der Waals surface area contributed by atoms with Crippen LogP contribution in [0.25, 0.3) is 0 Å². The van der Waals surface area contributed by atoms with Gasteiger partial charge in [0.15, 0.2) is 0 Å². The topological polar surface area (TPSA) is 44.7 Å². The van der Waals surface area contributed by atoms with Crippen molar-refractivity contribution in [1.29, 1.82) is 0 Å². The van der Waals surface area contributed by atoms with Gasteiger partial charge in [0.2, 0.25) is 5.95 Å². The van der Waals surface area contributed by atoms with Crippen LogP contribution in [0, 0.1) is 0 Å².